The summed E-state index contributed by atoms with van der Waals surface area (Å²) in [5, 5.41) is 0. The van der Waals surface area contributed by atoms with Crippen LogP contribution in [0.1, 0.15) is 5.56 Å². The van der Waals surface area contributed by atoms with Gasteiger partial charge in [0.15, 0.2) is 0 Å². The van der Waals surface area contributed by atoms with E-state index < -0.39 is 10.2 Å². The molecule has 0 fully saturated rings. The molecule has 1 heterocycles. The van der Waals surface area contributed by atoms with Gasteiger partial charge < -0.3 is 5.73 Å². The number of aromatic nitrogens is 2. The summed E-state index contributed by atoms with van der Waals surface area (Å²) < 4.78 is 26.9. The largest absolute Gasteiger partial charge is 0.326 e. The van der Waals surface area contributed by atoms with Crippen LogP contribution in [0.15, 0.2) is 36.8 Å². The van der Waals surface area contributed by atoms with Crippen molar-refractivity contribution < 1.29 is 8.42 Å². The summed E-state index contributed by atoms with van der Waals surface area (Å²) in [4.78, 5) is 3.87. The van der Waals surface area contributed by atoms with Crippen molar-refractivity contribution >= 4 is 10.2 Å². The fraction of sp³-hybridized carbons (Fsp3) is 0.182. The lowest BCUT2D eigenvalue weighted by Crippen LogP contribution is -2.26. The Morgan fingerprint density at radius 3 is 2.56 bits per heavy atom. The second-order valence-corrected chi connectivity index (χ2v) is 5.44. The Balaban J connectivity index is 2.49. The minimum Gasteiger partial charge on any atom is -0.326 e. The van der Waals surface area contributed by atoms with Gasteiger partial charge in [-0.1, -0.05) is 24.3 Å². The van der Waals surface area contributed by atoms with Gasteiger partial charge in [0.05, 0.1) is 11.9 Å². The maximum atomic E-state index is 11.8. The van der Waals surface area contributed by atoms with Gasteiger partial charge in [0, 0.05) is 19.2 Å². The van der Waals surface area contributed by atoms with Crippen LogP contribution >= 0.6 is 0 Å². The maximum absolute atomic E-state index is 11.8. The van der Waals surface area contributed by atoms with Crippen molar-refractivity contribution in [1.29, 1.82) is 0 Å². The first kappa shape index (κ1) is 12.7. The molecule has 0 aliphatic rings. The summed E-state index contributed by atoms with van der Waals surface area (Å²) in [5.41, 5.74) is 7.78. The zero-order valence-electron chi connectivity index (χ0n) is 9.87. The first-order chi connectivity index (χ1) is 8.58. The van der Waals surface area contributed by atoms with Crippen LogP contribution in [0.3, 0.4) is 0 Å². The van der Waals surface area contributed by atoms with E-state index in [2.05, 4.69) is 9.71 Å². The van der Waals surface area contributed by atoms with Gasteiger partial charge in [-0.15, -0.1) is 0 Å². The number of benzene rings is 1. The Bertz CT molecular complexity index is 631. The van der Waals surface area contributed by atoms with Crippen LogP contribution in [0.2, 0.25) is 0 Å². The third-order valence-electron chi connectivity index (χ3n) is 2.61. The molecule has 7 heteroatoms. The van der Waals surface area contributed by atoms with E-state index in [0.717, 1.165) is 15.1 Å². The Morgan fingerprint density at radius 2 is 2.00 bits per heavy atom. The predicted molar refractivity (Wildman–Crippen MR) is 68.9 cm³/mol. The summed E-state index contributed by atoms with van der Waals surface area (Å²) in [6.45, 7) is 0.453. The van der Waals surface area contributed by atoms with E-state index in [1.165, 1.54) is 19.6 Å². The minimum atomic E-state index is -3.57. The first-order valence-corrected chi connectivity index (χ1v) is 6.78. The van der Waals surface area contributed by atoms with E-state index in [1.54, 1.807) is 0 Å². The Morgan fingerprint density at radius 1 is 1.33 bits per heavy atom. The van der Waals surface area contributed by atoms with Crippen LogP contribution in [-0.4, -0.2) is 24.4 Å². The van der Waals surface area contributed by atoms with Crippen LogP contribution in [0.5, 0.6) is 0 Å². The molecule has 2 aromatic rings. The van der Waals surface area contributed by atoms with Crippen molar-refractivity contribution in [2.45, 2.75) is 6.54 Å². The fourth-order valence-corrected chi connectivity index (χ4v) is 2.37. The Hall–Kier alpha value is -1.70. The number of rotatable bonds is 4. The third kappa shape index (κ3) is 2.28. The van der Waals surface area contributed by atoms with Crippen molar-refractivity contribution in [3.63, 3.8) is 0 Å². The predicted octanol–water partition coefficient (Wildman–Crippen LogP) is 0.321. The number of nitrogens with zero attached hydrogens (tertiary/aromatic N) is 2. The molecule has 0 amide bonds. The van der Waals surface area contributed by atoms with Crippen molar-refractivity contribution in [3.05, 3.63) is 42.4 Å². The van der Waals surface area contributed by atoms with Gasteiger partial charge in [-0.05, 0) is 5.56 Å². The fourth-order valence-electron chi connectivity index (χ4n) is 1.59. The molecule has 3 N–H and O–H groups in total. The maximum Gasteiger partial charge on any atom is 0.306 e. The molecule has 0 aliphatic carbocycles. The van der Waals surface area contributed by atoms with Crippen molar-refractivity contribution in [1.82, 2.24) is 13.7 Å². The highest BCUT2D eigenvalue weighted by Crippen LogP contribution is 2.20. The molecule has 2 rings (SSSR count). The molecule has 0 spiro atoms. The van der Waals surface area contributed by atoms with Crippen molar-refractivity contribution in [3.8, 4) is 11.3 Å². The monoisotopic (exact) mass is 266 g/mol. The van der Waals surface area contributed by atoms with Crippen LogP contribution in [-0.2, 0) is 16.8 Å². The SMILES string of the molecule is CNS(=O)(=O)n1cncc1-c1ccc(CN)cc1. The highest BCUT2D eigenvalue weighted by Gasteiger charge is 2.15. The molecule has 96 valence electrons. The molecule has 1 aromatic heterocycles. The Labute approximate surface area is 106 Å². The van der Waals surface area contributed by atoms with E-state index >= 15 is 0 Å². The van der Waals surface area contributed by atoms with E-state index in [4.69, 9.17) is 5.73 Å². The molecule has 18 heavy (non-hydrogen) atoms. The second kappa shape index (κ2) is 4.89. The number of nitrogens with one attached hydrogen (secondary N) is 1. The molecular weight excluding hydrogens is 252 g/mol. The molecule has 0 unspecified atom stereocenters. The topological polar surface area (TPSA) is 90.0 Å². The zero-order valence-corrected chi connectivity index (χ0v) is 10.7. The summed E-state index contributed by atoms with van der Waals surface area (Å²) in [6, 6.07) is 7.36. The quantitative estimate of drug-likeness (QED) is 0.834. The summed E-state index contributed by atoms with van der Waals surface area (Å²) in [7, 11) is -2.21. The van der Waals surface area contributed by atoms with Gasteiger partial charge in [-0.2, -0.15) is 8.42 Å². The van der Waals surface area contributed by atoms with Crippen LogP contribution in [0, 0.1) is 0 Å². The summed E-state index contributed by atoms with van der Waals surface area (Å²) in [6.07, 6.45) is 2.77. The second-order valence-electron chi connectivity index (χ2n) is 3.68. The Kier molecular flexibility index (Phi) is 3.46. The number of imidazole rings is 1. The number of hydrogen-bond donors (Lipinski definition) is 2. The van der Waals surface area contributed by atoms with E-state index in [-0.39, 0.29) is 0 Å². The van der Waals surface area contributed by atoms with Gasteiger partial charge in [-0.25, -0.2) is 13.7 Å². The van der Waals surface area contributed by atoms with Gasteiger partial charge >= 0.3 is 10.2 Å². The number of nitrogens with two attached hydrogens (primary N) is 1. The standard InChI is InChI=1S/C11H14N4O2S/c1-13-18(16,17)15-8-14-7-11(15)10-4-2-9(6-12)3-5-10/h2-5,7-8,13H,6,12H2,1H3. The molecular formula is C11H14N4O2S. The molecule has 0 aliphatic heterocycles. The average Bonchev–Trinajstić information content (AvgIpc) is 2.89. The van der Waals surface area contributed by atoms with Crippen molar-refractivity contribution in [2.24, 2.45) is 5.73 Å². The van der Waals surface area contributed by atoms with Gasteiger partial charge in [0.2, 0.25) is 0 Å². The molecule has 1 aromatic carbocycles. The lowest BCUT2D eigenvalue weighted by Gasteiger charge is -2.08. The van der Waals surface area contributed by atoms with Crippen molar-refractivity contribution in [2.75, 3.05) is 7.05 Å². The molecule has 0 radical (unpaired) electrons. The molecule has 0 bridgehead atoms. The molecule has 6 nitrogen and oxygen atoms in total. The molecule has 0 saturated carbocycles. The lowest BCUT2D eigenvalue weighted by atomic mass is 10.1. The van der Waals surface area contributed by atoms with Crippen LogP contribution < -0.4 is 10.5 Å². The van der Waals surface area contributed by atoms with Gasteiger partial charge in [0.1, 0.15) is 6.33 Å². The van der Waals surface area contributed by atoms with E-state index in [1.807, 2.05) is 24.3 Å². The zero-order chi connectivity index (χ0) is 13.2. The highest BCUT2D eigenvalue weighted by atomic mass is 32.2. The smallest absolute Gasteiger partial charge is 0.306 e. The lowest BCUT2D eigenvalue weighted by molar-refractivity contribution is 0.579. The van der Waals surface area contributed by atoms with Gasteiger partial charge in [0.25, 0.3) is 0 Å². The third-order valence-corrected chi connectivity index (χ3v) is 3.93. The highest BCUT2D eigenvalue weighted by molar-refractivity contribution is 7.88. The minimum absolute atomic E-state index is 0.453. The first-order valence-electron chi connectivity index (χ1n) is 5.34. The molecule has 0 saturated heterocycles. The van der Waals surface area contributed by atoms with Crippen LogP contribution in [0.25, 0.3) is 11.3 Å². The normalized spacial score (nSPS) is 11.7. The van der Waals surface area contributed by atoms with Crippen LogP contribution in [0.4, 0.5) is 0 Å². The summed E-state index contributed by atoms with van der Waals surface area (Å²) in [5.74, 6) is 0. The molecule has 0 atom stereocenters. The van der Waals surface area contributed by atoms with E-state index in [9.17, 15) is 8.42 Å². The van der Waals surface area contributed by atoms with Gasteiger partial charge in [-0.3, -0.25) is 0 Å². The number of hydrogen-bond acceptors (Lipinski definition) is 4. The summed E-state index contributed by atoms with van der Waals surface area (Å²) >= 11 is 0. The average molecular weight is 266 g/mol. The van der Waals surface area contributed by atoms with E-state index in [0.29, 0.717) is 12.2 Å².